The Bertz CT molecular complexity index is 923. The molecule has 4 aromatic rings. The second-order valence-corrected chi connectivity index (χ2v) is 7.25. The first-order chi connectivity index (χ1) is 12.9. The van der Waals surface area contributed by atoms with Gasteiger partial charge in [0, 0.05) is 48.7 Å². The second kappa shape index (κ2) is 9.46. The molecule has 0 aliphatic heterocycles. The maximum absolute atomic E-state index is 4.52. The molecule has 138 valence electrons. The summed E-state index contributed by atoms with van der Waals surface area (Å²) in [4.78, 5) is 8.04. The zero-order chi connectivity index (χ0) is 17.6. The van der Waals surface area contributed by atoms with Crippen LogP contribution in [0.3, 0.4) is 0 Å². The van der Waals surface area contributed by atoms with Gasteiger partial charge in [0.25, 0.3) is 0 Å². The normalized spacial score (nSPS) is 10.7. The number of hydrogen-bond donors (Lipinski definition) is 0. The van der Waals surface area contributed by atoms with Crippen molar-refractivity contribution in [2.45, 2.75) is 19.6 Å². The highest BCUT2D eigenvalue weighted by Gasteiger charge is 2.11. The fourth-order valence-electron chi connectivity index (χ4n) is 2.96. The summed E-state index contributed by atoms with van der Waals surface area (Å²) in [5.41, 5.74) is 3.50. The van der Waals surface area contributed by atoms with Crippen molar-refractivity contribution in [1.82, 2.24) is 19.7 Å². The van der Waals surface area contributed by atoms with Crippen molar-refractivity contribution in [3.8, 4) is 5.69 Å². The Morgan fingerprint density at radius 2 is 1.70 bits per heavy atom. The smallest absolute Gasteiger partial charge is 0.0645 e. The van der Waals surface area contributed by atoms with E-state index < -0.39 is 0 Å². The van der Waals surface area contributed by atoms with E-state index in [1.54, 1.807) is 11.3 Å². The Kier molecular flexibility index (Phi) is 6.76. The molecule has 0 radical (unpaired) electrons. The molecule has 0 aliphatic carbocycles. The van der Waals surface area contributed by atoms with Gasteiger partial charge in [-0.15, -0.1) is 23.7 Å². The molecule has 0 amide bonds. The summed E-state index contributed by atoms with van der Waals surface area (Å²) in [7, 11) is 0. The van der Waals surface area contributed by atoms with E-state index in [0.717, 1.165) is 25.3 Å². The van der Waals surface area contributed by atoms with Crippen LogP contribution in [0.4, 0.5) is 0 Å². The lowest BCUT2D eigenvalue weighted by Gasteiger charge is -2.21. The van der Waals surface area contributed by atoms with Crippen LogP contribution in [0.2, 0.25) is 0 Å². The molecule has 0 fully saturated rings. The van der Waals surface area contributed by atoms with Crippen molar-refractivity contribution in [3.63, 3.8) is 0 Å². The monoisotopic (exact) mass is 396 g/mol. The molecule has 0 spiro atoms. The Balaban J connectivity index is 0.00000210. The van der Waals surface area contributed by atoms with Gasteiger partial charge >= 0.3 is 0 Å². The van der Waals surface area contributed by atoms with Crippen molar-refractivity contribution in [2.75, 3.05) is 0 Å². The number of halogens is 1. The van der Waals surface area contributed by atoms with E-state index in [2.05, 4.69) is 56.9 Å². The highest BCUT2D eigenvalue weighted by molar-refractivity contribution is 7.09. The van der Waals surface area contributed by atoms with Crippen molar-refractivity contribution in [1.29, 1.82) is 0 Å². The van der Waals surface area contributed by atoms with Gasteiger partial charge in [0.05, 0.1) is 11.9 Å². The zero-order valence-corrected chi connectivity index (χ0v) is 16.4. The highest BCUT2D eigenvalue weighted by Crippen LogP contribution is 2.17. The van der Waals surface area contributed by atoms with Crippen LogP contribution in [0.5, 0.6) is 0 Å². The van der Waals surface area contributed by atoms with Crippen LogP contribution >= 0.6 is 23.7 Å². The number of rotatable bonds is 7. The van der Waals surface area contributed by atoms with Crippen LogP contribution < -0.4 is 0 Å². The number of nitrogens with zero attached hydrogens (tertiary/aromatic N) is 4. The van der Waals surface area contributed by atoms with Gasteiger partial charge in [0.2, 0.25) is 0 Å². The molecule has 0 N–H and O–H groups in total. The fraction of sp³-hybridized carbons (Fsp3) is 0.143. The van der Waals surface area contributed by atoms with E-state index in [-0.39, 0.29) is 12.4 Å². The third kappa shape index (κ3) is 5.26. The molecule has 4 nitrogen and oxygen atoms in total. The molecule has 4 rings (SSSR count). The predicted molar refractivity (Wildman–Crippen MR) is 112 cm³/mol. The summed E-state index contributed by atoms with van der Waals surface area (Å²) in [6.07, 6.45) is 7.82. The lowest BCUT2D eigenvalue weighted by Crippen LogP contribution is -2.21. The lowest BCUT2D eigenvalue weighted by molar-refractivity contribution is 0.249. The number of benzene rings is 1. The minimum absolute atomic E-state index is 0. The Labute approximate surface area is 169 Å². The van der Waals surface area contributed by atoms with Crippen molar-refractivity contribution in [3.05, 3.63) is 101 Å². The zero-order valence-electron chi connectivity index (χ0n) is 14.8. The van der Waals surface area contributed by atoms with Gasteiger partial charge in [-0.1, -0.05) is 30.3 Å². The largest absolute Gasteiger partial charge is 0.290 e. The van der Waals surface area contributed by atoms with Crippen LogP contribution in [0.1, 0.15) is 16.0 Å². The van der Waals surface area contributed by atoms with E-state index in [9.17, 15) is 0 Å². The molecule has 3 aromatic heterocycles. The molecule has 0 saturated carbocycles. The van der Waals surface area contributed by atoms with Gasteiger partial charge in [-0.25, -0.2) is 4.68 Å². The molecule has 0 saturated heterocycles. The van der Waals surface area contributed by atoms with Crippen molar-refractivity contribution >= 4 is 23.7 Å². The molecule has 6 heteroatoms. The fourth-order valence-corrected chi connectivity index (χ4v) is 3.71. The first-order valence-electron chi connectivity index (χ1n) is 8.59. The van der Waals surface area contributed by atoms with E-state index in [0.29, 0.717) is 0 Å². The number of thiophene rings is 1. The van der Waals surface area contributed by atoms with E-state index >= 15 is 0 Å². The van der Waals surface area contributed by atoms with Gasteiger partial charge in [-0.3, -0.25) is 9.88 Å². The number of hydrogen-bond acceptors (Lipinski definition) is 4. The molecule has 27 heavy (non-hydrogen) atoms. The second-order valence-electron chi connectivity index (χ2n) is 6.21. The summed E-state index contributed by atoms with van der Waals surface area (Å²) < 4.78 is 1.93. The summed E-state index contributed by atoms with van der Waals surface area (Å²) in [6.45, 7) is 2.63. The van der Waals surface area contributed by atoms with E-state index in [4.69, 9.17) is 0 Å². The summed E-state index contributed by atoms with van der Waals surface area (Å²) >= 11 is 1.80. The average molecular weight is 397 g/mol. The van der Waals surface area contributed by atoms with Crippen LogP contribution in [-0.4, -0.2) is 19.7 Å². The molecular formula is C21H21ClN4S. The van der Waals surface area contributed by atoms with E-state index in [1.165, 1.54) is 16.0 Å². The summed E-state index contributed by atoms with van der Waals surface area (Å²) in [6, 6.07) is 18.6. The Hall–Kier alpha value is -2.47. The van der Waals surface area contributed by atoms with Crippen LogP contribution in [0.15, 0.2) is 84.8 Å². The van der Waals surface area contributed by atoms with Crippen molar-refractivity contribution in [2.24, 2.45) is 0 Å². The first kappa shape index (κ1) is 19.3. The van der Waals surface area contributed by atoms with Crippen LogP contribution in [0, 0.1) is 0 Å². The maximum Gasteiger partial charge on any atom is 0.0645 e. The van der Waals surface area contributed by atoms with Gasteiger partial charge < -0.3 is 0 Å². The number of pyridine rings is 1. The molecule has 0 bridgehead atoms. The lowest BCUT2D eigenvalue weighted by atomic mass is 10.2. The van der Waals surface area contributed by atoms with E-state index in [1.807, 2.05) is 47.5 Å². The standard InChI is InChI=1S/C21H20N4S.ClH/c1-2-7-20(8-3-1)25-16-19(13-23-25)15-24(17-21-9-5-11-26-21)14-18-6-4-10-22-12-18;/h1-13,16H,14-15,17H2;1H. The molecule has 0 aliphatic rings. The Morgan fingerprint density at radius 1 is 0.852 bits per heavy atom. The minimum atomic E-state index is 0. The molecule has 0 unspecified atom stereocenters. The van der Waals surface area contributed by atoms with Gasteiger partial charge in [0.15, 0.2) is 0 Å². The average Bonchev–Trinajstić information content (AvgIpc) is 3.35. The highest BCUT2D eigenvalue weighted by atomic mass is 35.5. The summed E-state index contributed by atoms with van der Waals surface area (Å²) in [5.74, 6) is 0. The molecule has 1 aromatic carbocycles. The molecular weight excluding hydrogens is 376 g/mol. The van der Waals surface area contributed by atoms with Crippen LogP contribution in [-0.2, 0) is 19.6 Å². The van der Waals surface area contributed by atoms with Crippen LogP contribution in [0.25, 0.3) is 5.69 Å². The number of aromatic nitrogens is 3. The summed E-state index contributed by atoms with van der Waals surface area (Å²) in [5, 5.41) is 6.65. The minimum Gasteiger partial charge on any atom is -0.290 e. The third-order valence-corrected chi connectivity index (χ3v) is 5.01. The number of para-hydroxylation sites is 1. The molecule has 3 heterocycles. The quantitative estimate of drug-likeness (QED) is 0.443. The maximum atomic E-state index is 4.52. The van der Waals surface area contributed by atoms with Gasteiger partial charge in [-0.05, 0) is 35.2 Å². The SMILES string of the molecule is Cl.c1ccc(-n2cc(CN(Cc3cccnc3)Cc3cccs3)cn2)cc1. The van der Waals surface area contributed by atoms with Gasteiger partial charge in [-0.2, -0.15) is 5.10 Å². The predicted octanol–water partition coefficient (Wildman–Crippen LogP) is 4.95. The Morgan fingerprint density at radius 3 is 2.44 bits per heavy atom. The molecule has 0 atom stereocenters. The topological polar surface area (TPSA) is 34.0 Å². The van der Waals surface area contributed by atoms with Crippen molar-refractivity contribution < 1.29 is 0 Å². The van der Waals surface area contributed by atoms with Gasteiger partial charge in [0.1, 0.15) is 0 Å². The third-order valence-electron chi connectivity index (χ3n) is 4.15. The first-order valence-corrected chi connectivity index (χ1v) is 9.47.